The van der Waals surface area contributed by atoms with Crippen LogP contribution in [0.2, 0.25) is 0 Å². The molecule has 0 saturated heterocycles. The molecule has 0 saturated carbocycles. The number of likely N-dealkylation sites (N-methyl/N-ethyl adjacent to an activating group) is 1. The molecule has 0 radical (unpaired) electrons. The predicted molar refractivity (Wildman–Crippen MR) is 124 cm³/mol. The van der Waals surface area contributed by atoms with E-state index in [-0.39, 0.29) is 17.1 Å². The maximum absolute atomic E-state index is 13.5. The first kappa shape index (κ1) is 19.4. The van der Waals surface area contributed by atoms with E-state index >= 15 is 0 Å². The van der Waals surface area contributed by atoms with Crippen molar-refractivity contribution in [3.8, 4) is 11.1 Å². The lowest BCUT2D eigenvalue weighted by Crippen LogP contribution is -2.42. The number of benzene rings is 3. The van der Waals surface area contributed by atoms with Gasteiger partial charge < -0.3 is 5.73 Å². The monoisotopic (exact) mass is 424 g/mol. The molecule has 31 heavy (non-hydrogen) atoms. The first-order chi connectivity index (χ1) is 15.0. The fourth-order valence-corrected chi connectivity index (χ4v) is 5.75. The van der Waals surface area contributed by atoms with Crippen LogP contribution in [-0.4, -0.2) is 23.8 Å². The fourth-order valence-electron chi connectivity index (χ4n) is 4.33. The second-order valence-corrected chi connectivity index (χ2v) is 9.03. The third kappa shape index (κ3) is 3.09. The van der Waals surface area contributed by atoms with Gasteiger partial charge in [-0.15, -0.1) is 11.8 Å². The SMILES string of the molecule is [C-]#[N+]c1cccc(-c2ccc3c(c2)C2(CC(c4ccccc4)S3)N=C(N)N(C)C2=O)c1. The summed E-state index contributed by atoms with van der Waals surface area (Å²) in [7, 11) is 1.68. The molecule has 2 N–H and O–H groups in total. The highest BCUT2D eigenvalue weighted by Gasteiger charge is 2.52. The standard InChI is InChI=1S/C25H20N4OS/c1-27-19-10-6-9-17(13-19)18-11-12-21-20(14-18)25(23(30)29(2)24(26)28-25)15-22(31-21)16-7-4-3-5-8-16/h3-14,22H,15H2,2H3,(H2,26,28). The number of carbonyl (C=O) groups excluding carboxylic acids is 1. The van der Waals surface area contributed by atoms with E-state index in [9.17, 15) is 4.79 Å². The van der Waals surface area contributed by atoms with Crippen LogP contribution in [0, 0.1) is 6.57 Å². The third-order valence-electron chi connectivity index (χ3n) is 5.96. The number of carbonyl (C=O) groups is 1. The number of guanidine groups is 1. The summed E-state index contributed by atoms with van der Waals surface area (Å²) in [5.74, 6) is 0.148. The van der Waals surface area contributed by atoms with Crippen LogP contribution in [0.15, 0.2) is 82.7 Å². The van der Waals surface area contributed by atoms with Crippen molar-refractivity contribution in [2.45, 2.75) is 22.1 Å². The summed E-state index contributed by atoms with van der Waals surface area (Å²) in [4.78, 5) is 24.2. The molecule has 0 aliphatic carbocycles. The van der Waals surface area contributed by atoms with E-state index in [1.54, 1.807) is 24.9 Å². The van der Waals surface area contributed by atoms with Crippen molar-refractivity contribution in [3.05, 3.63) is 95.3 Å². The normalized spacial score (nSPS) is 22.2. The molecule has 2 aliphatic heterocycles. The topological polar surface area (TPSA) is 63.0 Å². The van der Waals surface area contributed by atoms with E-state index in [1.807, 2.05) is 48.5 Å². The molecule has 2 atom stereocenters. The third-order valence-corrected chi connectivity index (χ3v) is 7.30. The number of thioether (sulfide) groups is 1. The molecule has 2 heterocycles. The molecule has 2 aliphatic rings. The Balaban J connectivity index is 1.68. The van der Waals surface area contributed by atoms with Crippen LogP contribution < -0.4 is 5.73 Å². The highest BCUT2D eigenvalue weighted by atomic mass is 32.2. The van der Waals surface area contributed by atoms with Gasteiger partial charge in [0.1, 0.15) is 0 Å². The van der Waals surface area contributed by atoms with Crippen molar-refractivity contribution < 1.29 is 4.79 Å². The number of hydrogen-bond acceptors (Lipinski definition) is 4. The van der Waals surface area contributed by atoms with Gasteiger partial charge >= 0.3 is 0 Å². The van der Waals surface area contributed by atoms with Crippen LogP contribution in [0.4, 0.5) is 5.69 Å². The van der Waals surface area contributed by atoms with E-state index in [4.69, 9.17) is 17.3 Å². The lowest BCUT2D eigenvalue weighted by molar-refractivity contribution is -0.131. The van der Waals surface area contributed by atoms with Crippen LogP contribution in [0.1, 0.15) is 22.8 Å². The summed E-state index contributed by atoms with van der Waals surface area (Å²) < 4.78 is 0. The van der Waals surface area contributed by atoms with Crippen LogP contribution in [0.3, 0.4) is 0 Å². The molecule has 2 unspecified atom stereocenters. The average Bonchev–Trinajstić information content (AvgIpc) is 3.03. The number of hydrogen-bond donors (Lipinski definition) is 1. The Morgan fingerprint density at radius 1 is 1.10 bits per heavy atom. The molecule has 0 bridgehead atoms. The highest BCUT2D eigenvalue weighted by Crippen LogP contribution is 2.55. The summed E-state index contributed by atoms with van der Waals surface area (Å²) >= 11 is 1.76. The minimum absolute atomic E-state index is 0.0944. The maximum Gasteiger partial charge on any atom is 0.261 e. The highest BCUT2D eigenvalue weighted by molar-refractivity contribution is 7.99. The molecule has 6 heteroatoms. The lowest BCUT2D eigenvalue weighted by Gasteiger charge is -2.36. The van der Waals surface area contributed by atoms with Crippen molar-refractivity contribution in [1.82, 2.24) is 4.90 Å². The summed E-state index contributed by atoms with van der Waals surface area (Å²) in [5.41, 5.74) is 9.62. The van der Waals surface area contributed by atoms with E-state index in [0.717, 1.165) is 21.6 Å². The fraction of sp³-hybridized carbons (Fsp3) is 0.160. The van der Waals surface area contributed by atoms with E-state index < -0.39 is 5.54 Å². The van der Waals surface area contributed by atoms with Crippen molar-refractivity contribution >= 4 is 29.3 Å². The van der Waals surface area contributed by atoms with Gasteiger partial charge in [0.15, 0.2) is 17.2 Å². The number of nitrogens with two attached hydrogens (primary N) is 1. The zero-order valence-corrected chi connectivity index (χ0v) is 17.8. The van der Waals surface area contributed by atoms with Gasteiger partial charge in [-0.2, -0.15) is 0 Å². The maximum atomic E-state index is 13.5. The van der Waals surface area contributed by atoms with Crippen molar-refractivity contribution in [1.29, 1.82) is 0 Å². The molecule has 0 aromatic heterocycles. The van der Waals surface area contributed by atoms with Crippen LogP contribution in [-0.2, 0) is 10.3 Å². The van der Waals surface area contributed by atoms with Crippen LogP contribution in [0.5, 0.6) is 0 Å². The number of fused-ring (bicyclic) bond motifs is 2. The zero-order valence-electron chi connectivity index (χ0n) is 16.9. The summed E-state index contributed by atoms with van der Waals surface area (Å²) in [6, 6.07) is 23.9. The van der Waals surface area contributed by atoms with Crippen LogP contribution in [0.25, 0.3) is 16.0 Å². The molecule has 152 valence electrons. The summed E-state index contributed by atoms with van der Waals surface area (Å²) in [6.07, 6.45) is 0.546. The Kier molecular flexibility index (Phi) is 4.57. The number of rotatable bonds is 2. The van der Waals surface area contributed by atoms with E-state index in [1.165, 1.54) is 10.5 Å². The Labute approximate surface area is 185 Å². The van der Waals surface area contributed by atoms with Gasteiger partial charge in [0, 0.05) is 29.2 Å². The number of amides is 1. The minimum Gasteiger partial charge on any atom is -0.369 e. The van der Waals surface area contributed by atoms with Gasteiger partial charge in [0.25, 0.3) is 5.91 Å². The number of aliphatic imine (C=N–C) groups is 1. The van der Waals surface area contributed by atoms with Gasteiger partial charge in [-0.25, -0.2) is 9.84 Å². The first-order valence-corrected chi connectivity index (χ1v) is 10.9. The molecule has 1 spiro atoms. The molecule has 5 nitrogen and oxygen atoms in total. The van der Waals surface area contributed by atoms with Crippen molar-refractivity contribution in [3.63, 3.8) is 0 Å². The number of nitrogens with zero attached hydrogens (tertiary/aromatic N) is 3. The molecule has 5 rings (SSSR count). The van der Waals surface area contributed by atoms with Gasteiger partial charge in [-0.05, 0) is 34.9 Å². The Bertz CT molecular complexity index is 1260. The Morgan fingerprint density at radius 3 is 2.58 bits per heavy atom. The van der Waals surface area contributed by atoms with Crippen molar-refractivity contribution in [2.75, 3.05) is 7.05 Å². The second-order valence-electron chi connectivity index (χ2n) is 7.79. The Morgan fingerprint density at radius 2 is 1.87 bits per heavy atom. The second kappa shape index (κ2) is 7.29. The molecular weight excluding hydrogens is 404 g/mol. The largest absolute Gasteiger partial charge is 0.369 e. The van der Waals surface area contributed by atoms with Crippen molar-refractivity contribution in [2.24, 2.45) is 10.7 Å². The lowest BCUT2D eigenvalue weighted by atomic mass is 9.82. The summed E-state index contributed by atoms with van der Waals surface area (Å²) in [6.45, 7) is 7.30. The van der Waals surface area contributed by atoms with Gasteiger partial charge in [0.05, 0.1) is 6.57 Å². The van der Waals surface area contributed by atoms with Gasteiger partial charge in [0.2, 0.25) is 0 Å². The molecular formula is C25H20N4OS. The van der Waals surface area contributed by atoms with Gasteiger partial charge in [-0.3, -0.25) is 9.69 Å². The van der Waals surface area contributed by atoms with E-state index in [2.05, 4.69) is 23.0 Å². The smallest absolute Gasteiger partial charge is 0.261 e. The Hall–Kier alpha value is -3.56. The zero-order chi connectivity index (χ0) is 21.6. The first-order valence-electron chi connectivity index (χ1n) is 9.99. The molecule has 3 aromatic rings. The van der Waals surface area contributed by atoms with Gasteiger partial charge in [-0.1, -0.05) is 54.6 Å². The van der Waals surface area contributed by atoms with E-state index in [0.29, 0.717) is 12.1 Å². The average molecular weight is 425 g/mol. The van der Waals surface area contributed by atoms with Crippen LogP contribution >= 0.6 is 11.8 Å². The summed E-state index contributed by atoms with van der Waals surface area (Å²) in [5, 5.41) is 0.0944. The minimum atomic E-state index is -1.03. The molecule has 0 fully saturated rings. The molecule has 1 amide bonds. The predicted octanol–water partition coefficient (Wildman–Crippen LogP) is 5.12. The quantitative estimate of drug-likeness (QED) is 0.581. The molecule has 3 aromatic carbocycles.